The van der Waals surface area contributed by atoms with E-state index < -0.39 is 0 Å². The number of hydrogen-bond acceptors (Lipinski definition) is 4. The lowest BCUT2D eigenvalue weighted by Crippen LogP contribution is -2.06. The van der Waals surface area contributed by atoms with Crippen molar-refractivity contribution in [1.29, 1.82) is 0 Å². The van der Waals surface area contributed by atoms with Crippen LogP contribution in [0.5, 0.6) is 0 Å². The molecule has 0 saturated heterocycles. The van der Waals surface area contributed by atoms with E-state index in [2.05, 4.69) is 8.75 Å². The highest BCUT2D eigenvalue weighted by Gasteiger charge is 2.12. The standard InChI is InChI=1S/C12H12N2OS/c1-8-4-3-5-9(2)10(8)6-12(15)11-7-13-16-14-11/h3-5,7H,6H2,1-2H3. The number of ketones is 1. The molecular weight excluding hydrogens is 220 g/mol. The van der Waals surface area contributed by atoms with Crippen molar-refractivity contribution in [2.45, 2.75) is 20.3 Å². The molecule has 4 heteroatoms. The number of carbonyl (C=O) groups is 1. The Balaban J connectivity index is 2.25. The second-order valence-corrected chi connectivity index (χ2v) is 4.32. The van der Waals surface area contributed by atoms with Gasteiger partial charge >= 0.3 is 0 Å². The highest BCUT2D eigenvalue weighted by molar-refractivity contribution is 6.99. The number of Topliss-reactive ketones (excluding diaryl/α,β-unsaturated/α-hetero) is 1. The number of carbonyl (C=O) groups excluding carboxylic acids is 1. The summed E-state index contributed by atoms with van der Waals surface area (Å²) in [6.45, 7) is 4.05. The predicted molar refractivity (Wildman–Crippen MR) is 63.9 cm³/mol. The molecule has 0 saturated carbocycles. The van der Waals surface area contributed by atoms with E-state index in [0.717, 1.165) is 28.4 Å². The van der Waals surface area contributed by atoms with Crippen LogP contribution in [-0.2, 0) is 6.42 Å². The number of nitrogens with zero attached hydrogens (tertiary/aromatic N) is 2. The fourth-order valence-corrected chi connectivity index (χ4v) is 2.10. The number of aryl methyl sites for hydroxylation is 2. The minimum atomic E-state index is 0.0335. The van der Waals surface area contributed by atoms with Crippen molar-refractivity contribution in [3.8, 4) is 0 Å². The van der Waals surface area contributed by atoms with E-state index in [9.17, 15) is 4.79 Å². The monoisotopic (exact) mass is 232 g/mol. The van der Waals surface area contributed by atoms with Gasteiger partial charge in [0.25, 0.3) is 0 Å². The maximum absolute atomic E-state index is 11.9. The minimum Gasteiger partial charge on any atom is -0.292 e. The van der Waals surface area contributed by atoms with E-state index in [-0.39, 0.29) is 5.78 Å². The maximum Gasteiger partial charge on any atom is 0.188 e. The van der Waals surface area contributed by atoms with Crippen molar-refractivity contribution in [3.05, 3.63) is 46.8 Å². The zero-order valence-electron chi connectivity index (χ0n) is 9.23. The molecule has 1 heterocycles. The molecule has 2 rings (SSSR count). The zero-order valence-corrected chi connectivity index (χ0v) is 10.0. The van der Waals surface area contributed by atoms with Gasteiger partial charge in [-0.2, -0.15) is 8.75 Å². The Labute approximate surface area is 98.5 Å². The van der Waals surface area contributed by atoms with E-state index in [4.69, 9.17) is 0 Å². The van der Waals surface area contributed by atoms with Crippen LogP contribution in [0.4, 0.5) is 0 Å². The molecule has 0 aliphatic rings. The predicted octanol–water partition coefficient (Wildman–Crippen LogP) is 2.58. The first-order chi connectivity index (χ1) is 7.68. The Morgan fingerprint density at radius 2 is 2.00 bits per heavy atom. The van der Waals surface area contributed by atoms with Gasteiger partial charge in [0.1, 0.15) is 5.69 Å². The van der Waals surface area contributed by atoms with Crippen molar-refractivity contribution in [2.24, 2.45) is 0 Å². The Kier molecular flexibility index (Phi) is 3.10. The topological polar surface area (TPSA) is 42.9 Å². The van der Waals surface area contributed by atoms with Gasteiger partial charge in [0, 0.05) is 6.42 Å². The summed E-state index contributed by atoms with van der Waals surface area (Å²) < 4.78 is 7.79. The van der Waals surface area contributed by atoms with Gasteiger partial charge in [0.2, 0.25) is 0 Å². The molecule has 0 amide bonds. The molecule has 0 fully saturated rings. The van der Waals surface area contributed by atoms with E-state index >= 15 is 0 Å². The molecule has 0 atom stereocenters. The zero-order chi connectivity index (χ0) is 11.5. The lowest BCUT2D eigenvalue weighted by Gasteiger charge is -2.07. The molecule has 0 unspecified atom stereocenters. The van der Waals surface area contributed by atoms with Crippen LogP contribution in [0.25, 0.3) is 0 Å². The van der Waals surface area contributed by atoms with E-state index in [1.54, 1.807) is 0 Å². The summed E-state index contributed by atoms with van der Waals surface area (Å²) in [5, 5.41) is 0. The summed E-state index contributed by atoms with van der Waals surface area (Å²) in [4.78, 5) is 11.9. The molecular formula is C12H12N2OS. The number of benzene rings is 1. The molecule has 0 aliphatic carbocycles. The number of hydrogen-bond donors (Lipinski definition) is 0. The first kappa shape index (κ1) is 11.0. The summed E-state index contributed by atoms with van der Waals surface area (Å²) in [6, 6.07) is 6.05. The van der Waals surface area contributed by atoms with Gasteiger partial charge in [-0.15, -0.1) is 0 Å². The second kappa shape index (κ2) is 4.53. The third-order valence-corrected chi connectivity index (χ3v) is 3.11. The average Bonchev–Trinajstić information content (AvgIpc) is 2.76. The van der Waals surface area contributed by atoms with Crippen molar-refractivity contribution < 1.29 is 4.79 Å². The summed E-state index contributed by atoms with van der Waals surface area (Å²) in [5.41, 5.74) is 3.86. The summed E-state index contributed by atoms with van der Waals surface area (Å²) in [5.74, 6) is 0.0335. The van der Waals surface area contributed by atoms with Crippen LogP contribution < -0.4 is 0 Å². The van der Waals surface area contributed by atoms with Crippen LogP contribution in [0.15, 0.2) is 24.4 Å². The SMILES string of the molecule is Cc1cccc(C)c1CC(=O)c1cnsn1. The highest BCUT2D eigenvalue weighted by atomic mass is 32.1. The van der Waals surface area contributed by atoms with E-state index in [0.29, 0.717) is 12.1 Å². The van der Waals surface area contributed by atoms with Gasteiger partial charge in [0.15, 0.2) is 5.78 Å². The normalized spacial score (nSPS) is 10.4. The van der Waals surface area contributed by atoms with Crippen LogP contribution >= 0.6 is 11.7 Å². The molecule has 1 aromatic carbocycles. The van der Waals surface area contributed by atoms with Crippen LogP contribution in [0, 0.1) is 13.8 Å². The molecule has 0 N–H and O–H groups in total. The maximum atomic E-state index is 11.9. The van der Waals surface area contributed by atoms with Crippen molar-refractivity contribution in [2.75, 3.05) is 0 Å². The lowest BCUT2D eigenvalue weighted by atomic mass is 9.97. The molecule has 0 radical (unpaired) electrons. The Morgan fingerprint density at radius 1 is 1.31 bits per heavy atom. The van der Waals surface area contributed by atoms with Crippen LogP contribution in [-0.4, -0.2) is 14.5 Å². The Bertz CT molecular complexity index is 485. The lowest BCUT2D eigenvalue weighted by molar-refractivity contribution is 0.0988. The molecule has 1 aromatic heterocycles. The minimum absolute atomic E-state index is 0.0335. The number of aromatic nitrogens is 2. The first-order valence-electron chi connectivity index (χ1n) is 5.04. The third kappa shape index (κ3) is 2.17. The van der Waals surface area contributed by atoms with E-state index in [1.807, 2.05) is 32.0 Å². The van der Waals surface area contributed by atoms with Crippen LogP contribution in [0.3, 0.4) is 0 Å². The molecule has 0 bridgehead atoms. The van der Waals surface area contributed by atoms with E-state index in [1.165, 1.54) is 6.20 Å². The summed E-state index contributed by atoms with van der Waals surface area (Å²) >= 11 is 1.07. The molecule has 3 nitrogen and oxygen atoms in total. The van der Waals surface area contributed by atoms with Crippen molar-refractivity contribution in [1.82, 2.24) is 8.75 Å². The molecule has 0 spiro atoms. The summed E-state index contributed by atoms with van der Waals surface area (Å²) in [6.07, 6.45) is 1.94. The van der Waals surface area contributed by atoms with Gasteiger partial charge in [-0.25, -0.2) is 0 Å². The second-order valence-electron chi connectivity index (χ2n) is 3.76. The van der Waals surface area contributed by atoms with Crippen LogP contribution in [0.1, 0.15) is 27.2 Å². The van der Waals surface area contributed by atoms with Gasteiger partial charge < -0.3 is 0 Å². The van der Waals surface area contributed by atoms with Crippen LogP contribution in [0.2, 0.25) is 0 Å². The van der Waals surface area contributed by atoms with Crippen molar-refractivity contribution in [3.63, 3.8) is 0 Å². The Morgan fingerprint density at radius 3 is 2.56 bits per heavy atom. The fourth-order valence-electron chi connectivity index (χ4n) is 1.67. The molecule has 2 aromatic rings. The van der Waals surface area contributed by atoms with Gasteiger partial charge in [0.05, 0.1) is 17.9 Å². The Hall–Kier alpha value is -1.55. The number of rotatable bonds is 3. The average molecular weight is 232 g/mol. The molecule has 0 aliphatic heterocycles. The molecule has 16 heavy (non-hydrogen) atoms. The van der Waals surface area contributed by atoms with Gasteiger partial charge in [-0.3, -0.25) is 4.79 Å². The van der Waals surface area contributed by atoms with Crippen molar-refractivity contribution >= 4 is 17.5 Å². The summed E-state index contributed by atoms with van der Waals surface area (Å²) in [7, 11) is 0. The fraction of sp³-hybridized carbons (Fsp3) is 0.250. The highest BCUT2D eigenvalue weighted by Crippen LogP contribution is 2.15. The smallest absolute Gasteiger partial charge is 0.188 e. The largest absolute Gasteiger partial charge is 0.292 e. The first-order valence-corrected chi connectivity index (χ1v) is 5.77. The van der Waals surface area contributed by atoms with Gasteiger partial charge in [-0.1, -0.05) is 18.2 Å². The van der Waals surface area contributed by atoms with Gasteiger partial charge in [-0.05, 0) is 30.5 Å². The quantitative estimate of drug-likeness (QED) is 0.764. The molecule has 82 valence electrons. The third-order valence-electron chi connectivity index (χ3n) is 2.63.